The van der Waals surface area contributed by atoms with E-state index in [0.717, 1.165) is 12.8 Å². The Kier molecular flexibility index (Phi) is 13.9. The third-order valence-electron chi connectivity index (χ3n) is 5.50. The number of carbonyl (C=O) groups is 2. The van der Waals surface area contributed by atoms with E-state index in [1.807, 2.05) is 0 Å². The van der Waals surface area contributed by atoms with Gasteiger partial charge >= 0.3 is 12.1 Å². The molecule has 0 bridgehead atoms. The minimum Gasteiger partial charge on any atom is -0.465 e. The number of amides is 1. The van der Waals surface area contributed by atoms with Gasteiger partial charge in [0.05, 0.1) is 19.6 Å². The van der Waals surface area contributed by atoms with Crippen LogP contribution in [0, 0.1) is 5.92 Å². The van der Waals surface area contributed by atoms with Crippen LogP contribution in [0.25, 0.3) is 0 Å². The number of hydrogen-bond donors (Lipinski definition) is 0. The molecule has 5 heteroatoms. The lowest BCUT2D eigenvalue weighted by Gasteiger charge is -2.29. The lowest BCUT2D eigenvalue weighted by molar-refractivity contribution is -0.150. The molecule has 0 N–H and O–H groups in total. The number of unbranched alkanes of at least 4 members (excludes halogenated alkanes) is 11. The number of ether oxygens (including phenoxy) is 2. The van der Waals surface area contributed by atoms with E-state index in [1.54, 1.807) is 4.90 Å². The van der Waals surface area contributed by atoms with Gasteiger partial charge < -0.3 is 14.4 Å². The third kappa shape index (κ3) is 11.2. The second-order valence-electron chi connectivity index (χ2n) is 7.79. The van der Waals surface area contributed by atoms with Crippen molar-refractivity contribution in [3.63, 3.8) is 0 Å². The first kappa shape index (κ1) is 23.8. The zero-order chi connectivity index (χ0) is 19.7. The van der Waals surface area contributed by atoms with Gasteiger partial charge in [-0.05, 0) is 19.3 Å². The van der Waals surface area contributed by atoms with Gasteiger partial charge in [0.15, 0.2) is 0 Å². The average molecular weight is 384 g/mol. The molecule has 0 spiro atoms. The Labute approximate surface area is 166 Å². The van der Waals surface area contributed by atoms with Crippen LogP contribution < -0.4 is 0 Å². The monoisotopic (exact) mass is 383 g/mol. The lowest BCUT2D eigenvalue weighted by Crippen LogP contribution is -2.40. The number of piperidine rings is 1. The molecule has 0 radical (unpaired) electrons. The summed E-state index contributed by atoms with van der Waals surface area (Å²) < 4.78 is 10.1. The van der Waals surface area contributed by atoms with Crippen molar-refractivity contribution in [2.24, 2.45) is 5.92 Å². The summed E-state index contributed by atoms with van der Waals surface area (Å²) in [6, 6.07) is 0. The first-order chi connectivity index (χ1) is 13.2. The summed E-state index contributed by atoms with van der Waals surface area (Å²) in [5.41, 5.74) is 0. The highest BCUT2D eigenvalue weighted by Gasteiger charge is 2.28. The van der Waals surface area contributed by atoms with Crippen molar-refractivity contribution in [1.82, 2.24) is 4.90 Å². The maximum Gasteiger partial charge on any atom is 0.409 e. The van der Waals surface area contributed by atoms with Crippen molar-refractivity contribution in [2.45, 2.75) is 96.8 Å². The molecule has 1 saturated heterocycles. The van der Waals surface area contributed by atoms with Crippen molar-refractivity contribution in [1.29, 1.82) is 0 Å². The van der Waals surface area contributed by atoms with E-state index < -0.39 is 0 Å². The molecule has 1 aliphatic heterocycles. The summed E-state index contributed by atoms with van der Waals surface area (Å²) in [4.78, 5) is 25.2. The SMILES string of the molecule is CCCCCCCCCCCCCCOC(=O)C1CCN(C(=O)OC)CC1. The Morgan fingerprint density at radius 2 is 1.30 bits per heavy atom. The molecular formula is C22H41NO4. The molecule has 0 aliphatic carbocycles. The molecule has 0 atom stereocenters. The van der Waals surface area contributed by atoms with Gasteiger partial charge in [-0.25, -0.2) is 4.79 Å². The van der Waals surface area contributed by atoms with Gasteiger partial charge in [-0.2, -0.15) is 0 Å². The Balaban J connectivity index is 1.88. The fourth-order valence-electron chi connectivity index (χ4n) is 3.66. The zero-order valence-electron chi connectivity index (χ0n) is 17.7. The number of nitrogens with zero attached hydrogens (tertiary/aromatic N) is 1. The van der Waals surface area contributed by atoms with E-state index in [4.69, 9.17) is 9.47 Å². The highest BCUT2D eigenvalue weighted by atomic mass is 16.5. The number of carbonyl (C=O) groups excluding carboxylic acids is 2. The smallest absolute Gasteiger partial charge is 0.409 e. The minimum atomic E-state index is -0.307. The van der Waals surface area contributed by atoms with E-state index >= 15 is 0 Å². The van der Waals surface area contributed by atoms with Crippen molar-refractivity contribution < 1.29 is 19.1 Å². The highest BCUT2D eigenvalue weighted by molar-refractivity contribution is 5.73. The summed E-state index contributed by atoms with van der Waals surface area (Å²) in [6.45, 7) is 3.94. The van der Waals surface area contributed by atoms with E-state index in [1.165, 1.54) is 71.3 Å². The largest absolute Gasteiger partial charge is 0.465 e. The molecule has 158 valence electrons. The normalized spacial score (nSPS) is 15.0. The van der Waals surface area contributed by atoms with E-state index in [0.29, 0.717) is 32.5 Å². The second-order valence-corrected chi connectivity index (χ2v) is 7.79. The molecule has 1 heterocycles. The molecule has 0 unspecified atom stereocenters. The van der Waals surface area contributed by atoms with Crippen LogP contribution >= 0.6 is 0 Å². The first-order valence-corrected chi connectivity index (χ1v) is 11.2. The number of rotatable bonds is 14. The van der Waals surface area contributed by atoms with Crippen LogP contribution in [0.5, 0.6) is 0 Å². The van der Waals surface area contributed by atoms with Gasteiger partial charge in [0.25, 0.3) is 0 Å². The highest BCUT2D eigenvalue weighted by Crippen LogP contribution is 2.19. The quantitative estimate of drug-likeness (QED) is 0.285. The molecule has 1 amide bonds. The predicted octanol–water partition coefficient (Wildman–Crippen LogP) is 5.71. The van der Waals surface area contributed by atoms with Crippen LogP contribution in [0.3, 0.4) is 0 Å². The average Bonchev–Trinajstić information content (AvgIpc) is 2.70. The Morgan fingerprint density at radius 3 is 1.78 bits per heavy atom. The van der Waals surface area contributed by atoms with Crippen LogP contribution in [0.1, 0.15) is 96.8 Å². The minimum absolute atomic E-state index is 0.0665. The number of methoxy groups -OCH3 is 1. The zero-order valence-corrected chi connectivity index (χ0v) is 17.7. The van der Waals surface area contributed by atoms with Gasteiger partial charge in [-0.15, -0.1) is 0 Å². The van der Waals surface area contributed by atoms with Gasteiger partial charge in [-0.3, -0.25) is 4.79 Å². The number of esters is 1. The van der Waals surface area contributed by atoms with Crippen molar-refractivity contribution in [3.05, 3.63) is 0 Å². The van der Waals surface area contributed by atoms with Crippen LogP contribution in [0.15, 0.2) is 0 Å². The summed E-state index contributed by atoms with van der Waals surface area (Å²) in [5.74, 6) is -0.161. The summed E-state index contributed by atoms with van der Waals surface area (Å²) >= 11 is 0. The molecular weight excluding hydrogens is 342 g/mol. The molecule has 5 nitrogen and oxygen atoms in total. The maximum absolute atomic E-state index is 12.1. The summed E-state index contributed by atoms with van der Waals surface area (Å²) in [5, 5.41) is 0. The topological polar surface area (TPSA) is 55.8 Å². The standard InChI is InChI=1S/C22H41NO4/c1-3-4-5-6-7-8-9-10-11-12-13-14-19-27-21(24)20-15-17-23(18-16-20)22(25)26-2/h20H,3-19H2,1-2H3. The van der Waals surface area contributed by atoms with Crippen LogP contribution in [0.4, 0.5) is 4.79 Å². The van der Waals surface area contributed by atoms with Gasteiger partial charge in [0, 0.05) is 13.1 Å². The van der Waals surface area contributed by atoms with Crippen molar-refractivity contribution in [3.8, 4) is 0 Å². The van der Waals surface area contributed by atoms with E-state index in [-0.39, 0.29) is 18.0 Å². The fourth-order valence-corrected chi connectivity index (χ4v) is 3.66. The molecule has 0 saturated carbocycles. The Hall–Kier alpha value is -1.26. The Morgan fingerprint density at radius 1 is 0.815 bits per heavy atom. The molecule has 27 heavy (non-hydrogen) atoms. The Bertz CT molecular complexity index is 392. The van der Waals surface area contributed by atoms with Crippen molar-refractivity contribution >= 4 is 12.1 Å². The maximum atomic E-state index is 12.1. The van der Waals surface area contributed by atoms with E-state index in [9.17, 15) is 9.59 Å². The van der Waals surface area contributed by atoms with Crippen LogP contribution in [-0.2, 0) is 14.3 Å². The molecule has 1 rings (SSSR count). The van der Waals surface area contributed by atoms with Gasteiger partial charge in [0.1, 0.15) is 0 Å². The third-order valence-corrected chi connectivity index (χ3v) is 5.50. The molecule has 0 aromatic carbocycles. The second kappa shape index (κ2) is 15.8. The molecule has 1 aliphatic rings. The molecule has 0 aromatic rings. The predicted molar refractivity (Wildman–Crippen MR) is 109 cm³/mol. The molecule has 1 fully saturated rings. The van der Waals surface area contributed by atoms with Crippen LogP contribution in [0.2, 0.25) is 0 Å². The number of hydrogen-bond acceptors (Lipinski definition) is 4. The van der Waals surface area contributed by atoms with Gasteiger partial charge in [-0.1, -0.05) is 77.6 Å². The number of likely N-dealkylation sites (tertiary alicyclic amines) is 1. The lowest BCUT2D eigenvalue weighted by atomic mass is 9.97. The van der Waals surface area contributed by atoms with Crippen LogP contribution in [-0.4, -0.2) is 43.8 Å². The summed E-state index contributed by atoms with van der Waals surface area (Å²) in [7, 11) is 1.39. The van der Waals surface area contributed by atoms with E-state index in [2.05, 4.69) is 6.92 Å². The fraction of sp³-hybridized carbons (Fsp3) is 0.909. The summed E-state index contributed by atoms with van der Waals surface area (Å²) in [6.07, 6.45) is 16.7. The van der Waals surface area contributed by atoms with Crippen molar-refractivity contribution in [2.75, 3.05) is 26.8 Å². The molecule has 0 aromatic heterocycles. The van der Waals surface area contributed by atoms with Gasteiger partial charge in [0.2, 0.25) is 0 Å². The first-order valence-electron chi connectivity index (χ1n) is 11.2.